The van der Waals surface area contributed by atoms with Crippen molar-refractivity contribution >= 4 is 16.8 Å². The summed E-state index contributed by atoms with van der Waals surface area (Å²) in [6.07, 6.45) is 8.22. The van der Waals surface area contributed by atoms with Crippen LogP contribution in [0, 0.1) is 10.8 Å². The van der Waals surface area contributed by atoms with E-state index in [1.807, 2.05) is 0 Å². The second-order valence-electron chi connectivity index (χ2n) is 18.4. The lowest BCUT2D eigenvalue weighted by molar-refractivity contribution is 0.0642. The molecule has 2 heteroatoms. The quantitative estimate of drug-likeness (QED) is 0.184. The van der Waals surface area contributed by atoms with E-state index in [4.69, 9.17) is 9.47 Å². The largest absolute Gasteiger partial charge is 0.497 e. The molecule has 1 atom stereocenters. The number of ether oxygens (including phenoxy) is 2. The smallest absolute Gasteiger partial charge is 0.178 e. The van der Waals surface area contributed by atoms with Gasteiger partial charge in [0.25, 0.3) is 0 Å². The summed E-state index contributed by atoms with van der Waals surface area (Å²) in [6.45, 7) is 14.7. The van der Waals surface area contributed by atoms with E-state index < -0.39 is 5.60 Å². The second-order valence-corrected chi connectivity index (χ2v) is 18.4. The SMILES string of the molecule is COc1ccc(C2(c3ccc4c(c3)C(C)(C)c3ccccc3-4)C=Cc3c4c(c5ccccc5c3O2)-c2ccccc2C42CC(C)(C)CC(C)(C)C2)cc1. The highest BCUT2D eigenvalue weighted by atomic mass is 16.5. The van der Waals surface area contributed by atoms with E-state index in [0.29, 0.717) is 0 Å². The van der Waals surface area contributed by atoms with Gasteiger partial charge in [0.1, 0.15) is 11.5 Å². The van der Waals surface area contributed by atoms with Crippen LogP contribution < -0.4 is 9.47 Å². The maximum Gasteiger partial charge on any atom is 0.178 e. The number of methoxy groups -OCH3 is 1. The molecular formula is C51H48O2. The Morgan fingerprint density at radius 2 is 1.17 bits per heavy atom. The van der Waals surface area contributed by atoms with Crippen LogP contribution >= 0.6 is 0 Å². The number of rotatable bonds is 3. The third-order valence-electron chi connectivity index (χ3n) is 13.2. The third kappa shape index (κ3) is 4.45. The molecule has 4 aliphatic rings. The summed E-state index contributed by atoms with van der Waals surface area (Å²) >= 11 is 0. The van der Waals surface area contributed by atoms with Crippen molar-refractivity contribution in [2.75, 3.05) is 7.11 Å². The normalized spacial score (nSPS) is 21.6. The van der Waals surface area contributed by atoms with Crippen molar-refractivity contribution < 1.29 is 9.47 Å². The summed E-state index contributed by atoms with van der Waals surface area (Å²) < 4.78 is 13.5. The van der Waals surface area contributed by atoms with E-state index in [9.17, 15) is 0 Å². The predicted molar refractivity (Wildman–Crippen MR) is 219 cm³/mol. The van der Waals surface area contributed by atoms with E-state index in [1.54, 1.807) is 7.11 Å². The highest BCUT2D eigenvalue weighted by Crippen LogP contribution is 2.67. The first-order chi connectivity index (χ1) is 25.4. The van der Waals surface area contributed by atoms with Gasteiger partial charge in [-0.2, -0.15) is 0 Å². The molecule has 10 rings (SSSR count). The van der Waals surface area contributed by atoms with E-state index >= 15 is 0 Å². The van der Waals surface area contributed by atoms with Crippen LogP contribution in [0.5, 0.6) is 11.5 Å². The van der Waals surface area contributed by atoms with Crippen LogP contribution in [0.2, 0.25) is 0 Å². The minimum atomic E-state index is -0.861. The standard InChI is InChI=1S/C51H48O2/c1-47(2)29-48(3,4)31-50(30-47)42-19-13-11-17-39(42)44-37-15-8-9-16-38(37)46-40(45(44)50)26-27-51(53-46,32-20-23-34(52-7)24-21-32)33-22-25-36-35-14-10-12-18-41(35)49(5,6)43(36)28-33/h8-28H,29-31H2,1-7H3. The Bertz CT molecular complexity index is 2510. The first-order valence-electron chi connectivity index (χ1n) is 19.3. The molecule has 0 bridgehead atoms. The first kappa shape index (κ1) is 32.6. The van der Waals surface area contributed by atoms with E-state index in [2.05, 4.69) is 169 Å². The van der Waals surface area contributed by atoms with Crippen LogP contribution in [0.25, 0.3) is 39.1 Å². The third-order valence-corrected chi connectivity index (χ3v) is 13.2. The molecule has 53 heavy (non-hydrogen) atoms. The van der Waals surface area contributed by atoms with Gasteiger partial charge in [0.15, 0.2) is 5.60 Å². The lowest BCUT2D eigenvalue weighted by atomic mass is 9.52. The van der Waals surface area contributed by atoms with Crippen LogP contribution in [0.3, 0.4) is 0 Å². The molecule has 6 aromatic carbocycles. The van der Waals surface area contributed by atoms with Crippen LogP contribution in [0.1, 0.15) is 99.7 Å². The first-order valence-corrected chi connectivity index (χ1v) is 19.3. The Morgan fingerprint density at radius 1 is 0.566 bits per heavy atom. The Hall–Kier alpha value is -5.08. The van der Waals surface area contributed by atoms with Crippen molar-refractivity contribution in [1.82, 2.24) is 0 Å². The van der Waals surface area contributed by atoms with Gasteiger partial charge in [0, 0.05) is 32.9 Å². The van der Waals surface area contributed by atoms with Crippen molar-refractivity contribution in [3.05, 3.63) is 160 Å². The maximum atomic E-state index is 7.82. The number of benzene rings is 6. The molecule has 1 heterocycles. The van der Waals surface area contributed by atoms with Crippen LogP contribution in [-0.2, 0) is 16.4 Å². The average Bonchev–Trinajstić information content (AvgIpc) is 3.54. The van der Waals surface area contributed by atoms with Gasteiger partial charge < -0.3 is 9.47 Å². The lowest BCUT2D eigenvalue weighted by Gasteiger charge is -2.52. The molecule has 0 amide bonds. The van der Waals surface area contributed by atoms with E-state index in [-0.39, 0.29) is 21.7 Å². The van der Waals surface area contributed by atoms with Crippen molar-refractivity contribution in [2.45, 2.75) is 77.2 Å². The fourth-order valence-corrected chi connectivity index (χ4v) is 11.9. The topological polar surface area (TPSA) is 18.5 Å². The molecule has 1 unspecified atom stereocenters. The zero-order valence-corrected chi connectivity index (χ0v) is 32.1. The molecule has 1 spiro atoms. The van der Waals surface area contributed by atoms with Crippen LogP contribution in [0.15, 0.2) is 121 Å². The van der Waals surface area contributed by atoms with Crippen molar-refractivity contribution in [1.29, 1.82) is 0 Å². The van der Waals surface area contributed by atoms with Gasteiger partial charge in [0.2, 0.25) is 0 Å². The van der Waals surface area contributed by atoms with Gasteiger partial charge in [-0.15, -0.1) is 0 Å². The molecular weight excluding hydrogens is 645 g/mol. The Labute approximate surface area is 314 Å². The molecule has 1 saturated carbocycles. The van der Waals surface area contributed by atoms with Gasteiger partial charge in [-0.25, -0.2) is 0 Å². The molecule has 2 nitrogen and oxygen atoms in total. The summed E-state index contributed by atoms with van der Waals surface area (Å²) in [5, 5.41) is 2.44. The predicted octanol–water partition coefficient (Wildman–Crippen LogP) is 13.0. The maximum absolute atomic E-state index is 7.82. The number of hydrogen-bond donors (Lipinski definition) is 0. The number of fused-ring (bicyclic) bond motifs is 13. The highest BCUT2D eigenvalue weighted by molar-refractivity contribution is 6.08. The molecule has 6 aromatic rings. The van der Waals surface area contributed by atoms with Gasteiger partial charge >= 0.3 is 0 Å². The van der Waals surface area contributed by atoms with Crippen molar-refractivity contribution in [3.63, 3.8) is 0 Å². The second kappa shape index (κ2) is 10.8. The average molecular weight is 693 g/mol. The molecule has 3 aliphatic carbocycles. The van der Waals surface area contributed by atoms with E-state index in [1.165, 1.54) is 67.3 Å². The minimum absolute atomic E-state index is 0.123. The molecule has 0 radical (unpaired) electrons. The van der Waals surface area contributed by atoms with E-state index in [0.717, 1.165) is 35.5 Å². The zero-order valence-electron chi connectivity index (χ0n) is 32.1. The zero-order chi connectivity index (χ0) is 36.5. The Balaban J connectivity index is 1.26. The minimum Gasteiger partial charge on any atom is -0.497 e. The summed E-state index contributed by atoms with van der Waals surface area (Å²) in [4.78, 5) is 0. The highest BCUT2D eigenvalue weighted by Gasteiger charge is 2.55. The summed E-state index contributed by atoms with van der Waals surface area (Å²) in [7, 11) is 1.73. The van der Waals surface area contributed by atoms with Crippen LogP contribution in [-0.4, -0.2) is 7.11 Å². The van der Waals surface area contributed by atoms with Crippen molar-refractivity contribution in [3.8, 4) is 33.8 Å². The van der Waals surface area contributed by atoms with Gasteiger partial charge in [-0.05, 0) is 104 Å². The monoisotopic (exact) mass is 692 g/mol. The lowest BCUT2D eigenvalue weighted by Crippen LogP contribution is -2.44. The summed E-state index contributed by atoms with van der Waals surface area (Å²) in [5.41, 5.74) is 13.8. The molecule has 0 saturated heterocycles. The summed E-state index contributed by atoms with van der Waals surface area (Å²) in [6, 6.07) is 42.7. The summed E-state index contributed by atoms with van der Waals surface area (Å²) in [5.74, 6) is 1.81. The molecule has 0 aromatic heterocycles. The Morgan fingerprint density at radius 3 is 1.89 bits per heavy atom. The fraction of sp³-hybridized carbons (Fsp3) is 0.294. The molecule has 264 valence electrons. The molecule has 1 aliphatic heterocycles. The molecule has 1 fully saturated rings. The van der Waals surface area contributed by atoms with Crippen LogP contribution in [0.4, 0.5) is 0 Å². The number of hydrogen-bond acceptors (Lipinski definition) is 2. The van der Waals surface area contributed by atoms with Gasteiger partial charge in [-0.1, -0.05) is 145 Å². The Kier molecular flexibility index (Phi) is 6.61. The van der Waals surface area contributed by atoms with Gasteiger partial charge in [0.05, 0.1) is 7.11 Å². The molecule has 0 N–H and O–H groups in total. The van der Waals surface area contributed by atoms with Gasteiger partial charge in [-0.3, -0.25) is 0 Å². The fourth-order valence-electron chi connectivity index (χ4n) is 11.9. The van der Waals surface area contributed by atoms with Crippen molar-refractivity contribution in [2.24, 2.45) is 10.8 Å².